The molecular weight excluding hydrogens is 300 g/mol. The first-order valence-corrected chi connectivity index (χ1v) is 6.84. The highest BCUT2D eigenvalue weighted by Crippen LogP contribution is 2.27. The number of benzene rings is 2. The fourth-order valence-electron chi connectivity index (χ4n) is 1.80. The van der Waals surface area contributed by atoms with Crippen molar-refractivity contribution in [2.24, 2.45) is 5.73 Å². The van der Waals surface area contributed by atoms with Crippen molar-refractivity contribution in [3.05, 3.63) is 63.4 Å². The molecule has 106 valence electrons. The highest BCUT2D eigenvalue weighted by molar-refractivity contribution is 6.35. The zero-order valence-electron chi connectivity index (χ0n) is 10.9. The van der Waals surface area contributed by atoms with Gasteiger partial charge in [-0.15, -0.1) is 0 Å². The largest absolute Gasteiger partial charge is 0.488 e. The van der Waals surface area contributed by atoms with Crippen LogP contribution in [0.15, 0.2) is 36.4 Å². The Labute approximate surface area is 127 Å². The van der Waals surface area contributed by atoms with Crippen molar-refractivity contribution in [3.8, 4) is 5.75 Å². The predicted molar refractivity (Wildman–Crippen MR) is 79.8 cm³/mol. The number of ether oxygens (including phenoxy) is 1. The molecule has 0 saturated carbocycles. The van der Waals surface area contributed by atoms with E-state index < -0.39 is 0 Å². The Morgan fingerprint density at radius 2 is 1.95 bits per heavy atom. The lowest BCUT2D eigenvalue weighted by Crippen LogP contribution is -2.08. The average molecular weight is 314 g/mol. The van der Waals surface area contributed by atoms with E-state index in [0.29, 0.717) is 15.8 Å². The minimum absolute atomic E-state index is 0.221. The maximum atomic E-state index is 13.3. The summed E-state index contributed by atoms with van der Waals surface area (Å²) in [5.41, 5.74) is 7.36. The van der Waals surface area contributed by atoms with Gasteiger partial charge in [0.1, 0.15) is 18.2 Å². The Hall–Kier alpha value is -1.29. The fourth-order valence-corrected chi connectivity index (χ4v) is 2.27. The Morgan fingerprint density at radius 1 is 1.20 bits per heavy atom. The molecule has 0 heterocycles. The van der Waals surface area contributed by atoms with E-state index in [4.69, 9.17) is 33.7 Å². The van der Waals surface area contributed by atoms with Crippen LogP contribution in [0, 0.1) is 5.82 Å². The van der Waals surface area contributed by atoms with Gasteiger partial charge in [0, 0.05) is 33.3 Å². The summed E-state index contributed by atoms with van der Waals surface area (Å²) < 4.78 is 18.9. The second-order valence-electron chi connectivity index (χ2n) is 4.50. The molecule has 5 heteroatoms. The van der Waals surface area contributed by atoms with Crippen molar-refractivity contribution in [1.29, 1.82) is 0 Å². The molecule has 0 aliphatic heterocycles. The van der Waals surface area contributed by atoms with Crippen LogP contribution in [-0.4, -0.2) is 0 Å². The van der Waals surface area contributed by atoms with Crippen LogP contribution in [0.1, 0.15) is 24.1 Å². The van der Waals surface area contributed by atoms with Crippen LogP contribution in [0.4, 0.5) is 4.39 Å². The SMILES string of the molecule is C[C@H](N)c1ccc(F)cc1OCc1ccc(Cl)cc1Cl. The summed E-state index contributed by atoms with van der Waals surface area (Å²) in [6, 6.07) is 9.20. The van der Waals surface area contributed by atoms with Crippen molar-refractivity contribution >= 4 is 23.2 Å². The number of halogens is 3. The molecule has 0 amide bonds. The Bertz CT molecular complexity index is 617. The standard InChI is InChI=1S/C15H14Cl2FNO/c1-9(19)13-5-4-12(18)7-15(13)20-8-10-2-3-11(16)6-14(10)17/h2-7,9H,8,19H2,1H3/t9-/m0/s1. The molecule has 0 saturated heterocycles. The number of hydrogen-bond donors (Lipinski definition) is 1. The molecule has 2 aromatic carbocycles. The number of rotatable bonds is 4. The van der Waals surface area contributed by atoms with Crippen LogP contribution >= 0.6 is 23.2 Å². The molecule has 0 fully saturated rings. The molecule has 0 bridgehead atoms. The number of hydrogen-bond acceptors (Lipinski definition) is 2. The Morgan fingerprint density at radius 3 is 2.60 bits per heavy atom. The summed E-state index contributed by atoms with van der Waals surface area (Å²) in [6.45, 7) is 2.04. The summed E-state index contributed by atoms with van der Waals surface area (Å²) >= 11 is 11.9. The third-order valence-electron chi connectivity index (χ3n) is 2.86. The van der Waals surface area contributed by atoms with Crippen LogP contribution in [0.5, 0.6) is 5.75 Å². The molecule has 20 heavy (non-hydrogen) atoms. The third kappa shape index (κ3) is 3.63. The zero-order chi connectivity index (χ0) is 14.7. The van der Waals surface area contributed by atoms with E-state index in [1.807, 2.05) is 6.92 Å². The molecule has 2 nitrogen and oxygen atoms in total. The highest BCUT2D eigenvalue weighted by atomic mass is 35.5. The maximum Gasteiger partial charge on any atom is 0.127 e. The van der Waals surface area contributed by atoms with Gasteiger partial charge in [0.2, 0.25) is 0 Å². The van der Waals surface area contributed by atoms with Gasteiger partial charge in [-0.1, -0.05) is 35.3 Å². The quantitative estimate of drug-likeness (QED) is 0.885. The minimum atomic E-state index is -0.369. The molecule has 0 aromatic heterocycles. The van der Waals surface area contributed by atoms with Gasteiger partial charge in [-0.05, 0) is 25.1 Å². The summed E-state index contributed by atoms with van der Waals surface area (Å²) in [6.07, 6.45) is 0. The van der Waals surface area contributed by atoms with Gasteiger partial charge in [0.15, 0.2) is 0 Å². The molecule has 0 aliphatic rings. The van der Waals surface area contributed by atoms with E-state index in [9.17, 15) is 4.39 Å². The van der Waals surface area contributed by atoms with Gasteiger partial charge >= 0.3 is 0 Å². The fraction of sp³-hybridized carbons (Fsp3) is 0.200. The average Bonchev–Trinajstić information content (AvgIpc) is 2.37. The van der Waals surface area contributed by atoms with Gasteiger partial charge in [0.25, 0.3) is 0 Å². The second-order valence-corrected chi connectivity index (χ2v) is 5.34. The lowest BCUT2D eigenvalue weighted by Gasteiger charge is -2.14. The van der Waals surface area contributed by atoms with Crippen LogP contribution in [-0.2, 0) is 6.61 Å². The zero-order valence-corrected chi connectivity index (χ0v) is 12.4. The molecule has 0 unspecified atom stereocenters. The normalized spacial score (nSPS) is 12.2. The molecule has 0 aliphatic carbocycles. The molecule has 1 atom stereocenters. The van der Waals surface area contributed by atoms with Gasteiger partial charge in [-0.2, -0.15) is 0 Å². The predicted octanol–water partition coefficient (Wildman–Crippen LogP) is 4.73. The maximum absolute atomic E-state index is 13.3. The highest BCUT2D eigenvalue weighted by Gasteiger charge is 2.10. The van der Waals surface area contributed by atoms with E-state index in [2.05, 4.69) is 0 Å². The molecule has 2 aromatic rings. The molecule has 2 rings (SSSR count). The molecule has 2 N–H and O–H groups in total. The minimum Gasteiger partial charge on any atom is -0.488 e. The lowest BCUT2D eigenvalue weighted by molar-refractivity contribution is 0.300. The number of nitrogens with two attached hydrogens (primary N) is 1. The van der Waals surface area contributed by atoms with Crippen LogP contribution < -0.4 is 10.5 Å². The Kier molecular flexibility index (Phi) is 4.86. The summed E-state index contributed by atoms with van der Waals surface area (Å²) in [7, 11) is 0. The first-order valence-electron chi connectivity index (χ1n) is 6.09. The summed E-state index contributed by atoms with van der Waals surface area (Å²) in [4.78, 5) is 0. The van der Waals surface area contributed by atoms with Gasteiger partial charge in [-0.3, -0.25) is 0 Å². The van der Waals surface area contributed by atoms with E-state index in [1.54, 1.807) is 24.3 Å². The van der Waals surface area contributed by atoms with Crippen molar-refractivity contribution < 1.29 is 9.13 Å². The van der Waals surface area contributed by atoms with Gasteiger partial charge in [-0.25, -0.2) is 4.39 Å². The van der Waals surface area contributed by atoms with Crippen LogP contribution in [0.25, 0.3) is 0 Å². The molecule has 0 radical (unpaired) electrons. The first kappa shape index (κ1) is 15.1. The van der Waals surface area contributed by atoms with Crippen molar-refractivity contribution in [3.63, 3.8) is 0 Å². The van der Waals surface area contributed by atoms with E-state index >= 15 is 0 Å². The van der Waals surface area contributed by atoms with Crippen LogP contribution in [0.2, 0.25) is 10.0 Å². The third-order valence-corrected chi connectivity index (χ3v) is 3.45. The van der Waals surface area contributed by atoms with Crippen molar-refractivity contribution in [2.45, 2.75) is 19.6 Å². The van der Waals surface area contributed by atoms with E-state index in [1.165, 1.54) is 12.1 Å². The van der Waals surface area contributed by atoms with E-state index in [0.717, 1.165) is 11.1 Å². The van der Waals surface area contributed by atoms with Crippen molar-refractivity contribution in [2.75, 3.05) is 0 Å². The Balaban J connectivity index is 2.20. The van der Waals surface area contributed by atoms with E-state index in [-0.39, 0.29) is 18.5 Å². The summed E-state index contributed by atoms with van der Waals surface area (Å²) in [5.74, 6) is 0.0534. The van der Waals surface area contributed by atoms with Crippen LogP contribution in [0.3, 0.4) is 0 Å². The first-order chi connectivity index (χ1) is 9.47. The van der Waals surface area contributed by atoms with Gasteiger partial charge < -0.3 is 10.5 Å². The monoisotopic (exact) mass is 313 g/mol. The lowest BCUT2D eigenvalue weighted by atomic mass is 10.1. The smallest absolute Gasteiger partial charge is 0.127 e. The van der Waals surface area contributed by atoms with Crippen molar-refractivity contribution in [1.82, 2.24) is 0 Å². The molecular formula is C15H14Cl2FNO. The topological polar surface area (TPSA) is 35.2 Å². The second kappa shape index (κ2) is 6.44. The van der Waals surface area contributed by atoms with Gasteiger partial charge in [0.05, 0.1) is 0 Å². The molecule has 0 spiro atoms. The summed E-state index contributed by atoms with van der Waals surface area (Å²) in [5, 5.41) is 1.07.